The van der Waals surface area contributed by atoms with Gasteiger partial charge in [0, 0.05) is 23.7 Å². The summed E-state index contributed by atoms with van der Waals surface area (Å²) in [6, 6.07) is 11.5. The summed E-state index contributed by atoms with van der Waals surface area (Å²) in [4.78, 5) is 4.87. The zero-order valence-corrected chi connectivity index (χ0v) is 13.0. The Morgan fingerprint density at radius 2 is 2.10 bits per heavy atom. The second kappa shape index (κ2) is 6.15. The van der Waals surface area contributed by atoms with E-state index in [9.17, 15) is 0 Å². The first-order valence-corrected chi connectivity index (χ1v) is 8.46. The van der Waals surface area contributed by atoms with Gasteiger partial charge in [-0.15, -0.1) is 11.8 Å². The maximum absolute atomic E-state index is 4.87. The summed E-state index contributed by atoms with van der Waals surface area (Å²) in [5.74, 6) is 1.82. The number of para-hydroxylation sites is 1. The van der Waals surface area contributed by atoms with Gasteiger partial charge in [0.25, 0.3) is 0 Å². The number of hydrogen-bond acceptors (Lipinski definition) is 3. The van der Waals surface area contributed by atoms with Crippen LogP contribution in [0.4, 0.5) is 0 Å². The monoisotopic (exact) mass is 286 g/mol. The molecule has 0 atom stereocenters. The Morgan fingerprint density at radius 3 is 2.85 bits per heavy atom. The van der Waals surface area contributed by atoms with E-state index >= 15 is 0 Å². The van der Waals surface area contributed by atoms with Crippen LogP contribution in [0.2, 0.25) is 0 Å². The summed E-state index contributed by atoms with van der Waals surface area (Å²) < 4.78 is 0. The van der Waals surface area contributed by atoms with E-state index in [0.29, 0.717) is 5.92 Å². The molecule has 1 heterocycles. The third-order valence-corrected chi connectivity index (χ3v) is 4.94. The van der Waals surface area contributed by atoms with E-state index in [0.717, 1.165) is 23.9 Å². The van der Waals surface area contributed by atoms with Gasteiger partial charge in [0.1, 0.15) is 5.03 Å². The number of fused-ring (bicyclic) bond motifs is 1. The Hall–Kier alpha value is -1.06. The van der Waals surface area contributed by atoms with Crippen molar-refractivity contribution in [3.8, 4) is 0 Å². The molecule has 1 aliphatic carbocycles. The number of pyridine rings is 1. The van der Waals surface area contributed by atoms with Crippen molar-refractivity contribution in [2.75, 3.05) is 5.75 Å². The molecule has 0 amide bonds. The number of thioether (sulfide) groups is 1. The second-order valence-corrected chi connectivity index (χ2v) is 7.01. The summed E-state index contributed by atoms with van der Waals surface area (Å²) in [6.07, 6.45) is 2.66. The molecule has 0 spiro atoms. The molecule has 0 bridgehead atoms. The van der Waals surface area contributed by atoms with Crippen LogP contribution in [-0.4, -0.2) is 16.8 Å². The van der Waals surface area contributed by atoms with Crippen molar-refractivity contribution in [2.45, 2.75) is 44.3 Å². The first-order chi connectivity index (χ1) is 9.72. The van der Waals surface area contributed by atoms with Gasteiger partial charge >= 0.3 is 0 Å². The summed E-state index contributed by atoms with van der Waals surface area (Å²) in [5.41, 5.74) is 2.45. The van der Waals surface area contributed by atoms with Gasteiger partial charge in [-0.1, -0.05) is 32.0 Å². The molecular weight excluding hydrogens is 264 g/mol. The minimum absolute atomic E-state index is 0.692. The number of nitrogens with one attached hydrogen (secondary N) is 1. The average molecular weight is 286 g/mol. The van der Waals surface area contributed by atoms with E-state index in [1.807, 2.05) is 11.8 Å². The van der Waals surface area contributed by atoms with E-state index in [2.05, 4.69) is 49.5 Å². The van der Waals surface area contributed by atoms with Crippen molar-refractivity contribution in [1.82, 2.24) is 10.3 Å². The molecule has 1 aliphatic rings. The fourth-order valence-electron chi connectivity index (χ4n) is 2.18. The lowest BCUT2D eigenvalue weighted by Gasteiger charge is -2.12. The number of rotatable bonds is 6. The van der Waals surface area contributed by atoms with Crippen molar-refractivity contribution < 1.29 is 0 Å². The van der Waals surface area contributed by atoms with E-state index in [-0.39, 0.29) is 0 Å². The third kappa shape index (κ3) is 3.53. The quantitative estimate of drug-likeness (QED) is 0.804. The molecule has 2 aromatic rings. The molecule has 2 nitrogen and oxygen atoms in total. The van der Waals surface area contributed by atoms with Crippen molar-refractivity contribution in [3.63, 3.8) is 0 Å². The largest absolute Gasteiger partial charge is 0.310 e. The van der Waals surface area contributed by atoms with E-state index < -0.39 is 0 Å². The first kappa shape index (κ1) is 13.9. The molecule has 1 saturated carbocycles. The van der Waals surface area contributed by atoms with Gasteiger partial charge < -0.3 is 5.32 Å². The minimum Gasteiger partial charge on any atom is -0.310 e. The van der Waals surface area contributed by atoms with Crippen molar-refractivity contribution in [2.24, 2.45) is 5.92 Å². The molecule has 3 heteroatoms. The van der Waals surface area contributed by atoms with Gasteiger partial charge in [0.15, 0.2) is 0 Å². The normalized spacial score (nSPS) is 15.2. The van der Waals surface area contributed by atoms with E-state index in [4.69, 9.17) is 4.98 Å². The van der Waals surface area contributed by atoms with Crippen LogP contribution in [0.5, 0.6) is 0 Å². The highest BCUT2D eigenvalue weighted by molar-refractivity contribution is 7.99. The van der Waals surface area contributed by atoms with Gasteiger partial charge in [-0.3, -0.25) is 0 Å². The maximum atomic E-state index is 4.87. The fourth-order valence-corrected chi connectivity index (χ4v) is 3.15. The summed E-state index contributed by atoms with van der Waals surface area (Å²) in [7, 11) is 0. The number of hydrogen-bond donors (Lipinski definition) is 1. The van der Waals surface area contributed by atoms with Crippen molar-refractivity contribution >= 4 is 22.7 Å². The van der Waals surface area contributed by atoms with Crippen LogP contribution in [0.1, 0.15) is 32.3 Å². The average Bonchev–Trinajstić information content (AvgIpc) is 3.26. The Bertz CT molecular complexity index is 546. The number of nitrogens with zero attached hydrogens (tertiary/aromatic N) is 1. The maximum Gasteiger partial charge on any atom is 0.101 e. The zero-order chi connectivity index (χ0) is 13.9. The minimum atomic E-state index is 0.692. The van der Waals surface area contributed by atoms with Crippen molar-refractivity contribution in [1.29, 1.82) is 0 Å². The lowest BCUT2D eigenvalue weighted by Crippen LogP contribution is -2.16. The Kier molecular flexibility index (Phi) is 4.27. The van der Waals surface area contributed by atoms with Gasteiger partial charge in [0.05, 0.1) is 5.52 Å². The number of aromatic nitrogens is 1. The number of benzene rings is 1. The molecule has 0 unspecified atom stereocenters. The lowest BCUT2D eigenvalue weighted by atomic mass is 10.1. The Balaban J connectivity index is 1.87. The molecule has 0 saturated heterocycles. The highest BCUT2D eigenvalue weighted by Gasteiger charge is 2.20. The van der Waals surface area contributed by atoms with Crippen LogP contribution in [0.3, 0.4) is 0 Å². The predicted molar refractivity (Wildman–Crippen MR) is 87.2 cm³/mol. The molecule has 0 radical (unpaired) electrons. The molecule has 1 aromatic carbocycles. The smallest absolute Gasteiger partial charge is 0.101 e. The highest BCUT2D eigenvalue weighted by atomic mass is 32.2. The van der Waals surface area contributed by atoms with Gasteiger partial charge in [-0.2, -0.15) is 0 Å². The first-order valence-electron chi connectivity index (χ1n) is 7.47. The fraction of sp³-hybridized carbons (Fsp3) is 0.471. The SMILES string of the molecule is CC(C)CSc1nc2ccccc2cc1CNC1CC1. The van der Waals surface area contributed by atoms with Crippen LogP contribution >= 0.6 is 11.8 Å². The van der Waals surface area contributed by atoms with Crippen molar-refractivity contribution in [3.05, 3.63) is 35.9 Å². The van der Waals surface area contributed by atoms with Crippen LogP contribution in [0, 0.1) is 5.92 Å². The molecule has 1 aromatic heterocycles. The lowest BCUT2D eigenvalue weighted by molar-refractivity contribution is 0.676. The van der Waals surface area contributed by atoms with Crippen LogP contribution in [0.15, 0.2) is 35.4 Å². The predicted octanol–water partition coefficient (Wildman–Crippen LogP) is 4.23. The summed E-state index contributed by atoms with van der Waals surface area (Å²) >= 11 is 1.89. The molecule has 0 aliphatic heterocycles. The van der Waals surface area contributed by atoms with E-state index in [1.165, 1.54) is 28.8 Å². The molecule has 1 N–H and O–H groups in total. The zero-order valence-electron chi connectivity index (χ0n) is 12.2. The molecule has 106 valence electrons. The highest BCUT2D eigenvalue weighted by Crippen LogP contribution is 2.27. The molecule has 3 rings (SSSR count). The van der Waals surface area contributed by atoms with Gasteiger partial charge in [0.2, 0.25) is 0 Å². The Labute approximate surface area is 125 Å². The molecular formula is C17H22N2S. The van der Waals surface area contributed by atoms with Gasteiger partial charge in [-0.05, 0) is 36.5 Å². The summed E-state index contributed by atoms with van der Waals surface area (Å²) in [6.45, 7) is 5.47. The molecule has 20 heavy (non-hydrogen) atoms. The second-order valence-electron chi connectivity index (χ2n) is 6.01. The summed E-state index contributed by atoms with van der Waals surface area (Å²) in [5, 5.41) is 6.06. The van der Waals surface area contributed by atoms with Crippen LogP contribution < -0.4 is 5.32 Å². The van der Waals surface area contributed by atoms with Crippen LogP contribution in [-0.2, 0) is 6.54 Å². The van der Waals surface area contributed by atoms with Crippen LogP contribution in [0.25, 0.3) is 10.9 Å². The third-order valence-electron chi connectivity index (χ3n) is 3.48. The van der Waals surface area contributed by atoms with Gasteiger partial charge in [-0.25, -0.2) is 4.98 Å². The standard InChI is InChI=1S/C17H22N2S/c1-12(2)11-20-17-14(10-18-15-7-8-15)9-13-5-3-4-6-16(13)19-17/h3-6,9,12,15,18H,7-8,10-11H2,1-2H3. The Morgan fingerprint density at radius 1 is 1.30 bits per heavy atom. The van der Waals surface area contributed by atoms with E-state index in [1.54, 1.807) is 0 Å². The topological polar surface area (TPSA) is 24.9 Å². The molecule has 1 fully saturated rings.